The first-order chi connectivity index (χ1) is 14.3. The minimum absolute atomic E-state index is 0.332. The van der Waals surface area contributed by atoms with Gasteiger partial charge in [0.15, 0.2) is 5.52 Å². The number of aryl methyl sites for hydroxylation is 2. The summed E-state index contributed by atoms with van der Waals surface area (Å²) in [6.45, 7) is 6.15. The van der Waals surface area contributed by atoms with Crippen molar-refractivity contribution in [3.8, 4) is 11.3 Å². The molecule has 0 amide bonds. The highest BCUT2D eigenvalue weighted by atomic mass is 19.1. The standard InChI is InChI=1S/C25H21F2N2O/c1-13(2)15-5-7-17-20(10-15)28-12-29(4)24(17)22-14(3)9-19(27)23-18-8-6-16(26)11-21(18)30-25(22)23/h5-13H,1-4H3/q+1. The van der Waals surface area contributed by atoms with Crippen LogP contribution in [0.3, 0.4) is 0 Å². The molecule has 0 unspecified atom stereocenters. The van der Waals surface area contributed by atoms with Crippen LogP contribution in [0.2, 0.25) is 0 Å². The molecule has 2 aromatic heterocycles. The zero-order valence-corrected chi connectivity index (χ0v) is 17.3. The lowest BCUT2D eigenvalue weighted by atomic mass is 9.96. The lowest BCUT2D eigenvalue weighted by Gasteiger charge is -2.11. The Morgan fingerprint density at radius 1 is 1.00 bits per heavy atom. The fourth-order valence-corrected chi connectivity index (χ4v) is 4.21. The van der Waals surface area contributed by atoms with Crippen LogP contribution in [-0.4, -0.2) is 4.98 Å². The highest BCUT2D eigenvalue weighted by Crippen LogP contribution is 2.40. The number of furan rings is 1. The summed E-state index contributed by atoms with van der Waals surface area (Å²) in [6.07, 6.45) is 1.76. The summed E-state index contributed by atoms with van der Waals surface area (Å²) in [5, 5.41) is 1.88. The molecule has 0 fully saturated rings. The largest absolute Gasteiger partial charge is 0.455 e. The predicted molar refractivity (Wildman–Crippen MR) is 114 cm³/mol. The smallest absolute Gasteiger partial charge is 0.287 e. The van der Waals surface area contributed by atoms with Crippen molar-refractivity contribution >= 4 is 32.8 Å². The van der Waals surface area contributed by atoms with Crippen LogP contribution in [0.5, 0.6) is 0 Å². The maximum absolute atomic E-state index is 15.0. The Hall–Kier alpha value is -3.34. The summed E-state index contributed by atoms with van der Waals surface area (Å²) in [4.78, 5) is 4.60. The monoisotopic (exact) mass is 403 g/mol. The van der Waals surface area contributed by atoms with Crippen LogP contribution in [0.4, 0.5) is 8.78 Å². The van der Waals surface area contributed by atoms with E-state index in [1.54, 1.807) is 12.4 Å². The number of hydrogen-bond donors (Lipinski definition) is 0. The van der Waals surface area contributed by atoms with Crippen LogP contribution in [-0.2, 0) is 7.05 Å². The van der Waals surface area contributed by atoms with Gasteiger partial charge in [-0.25, -0.2) is 13.3 Å². The molecule has 5 aromatic rings. The summed E-state index contributed by atoms with van der Waals surface area (Å²) in [7, 11) is 1.91. The molecule has 0 saturated carbocycles. The van der Waals surface area contributed by atoms with E-state index in [1.165, 1.54) is 23.8 Å². The summed E-state index contributed by atoms with van der Waals surface area (Å²) >= 11 is 0. The van der Waals surface area contributed by atoms with Gasteiger partial charge in [0.2, 0.25) is 0 Å². The lowest BCUT2D eigenvalue weighted by molar-refractivity contribution is -0.662. The second-order valence-corrected chi connectivity index (χ2v) is 8.13. The molecule has 0 aliphatic rings. The SMILES string of the molecule is Cc1cc(F)c2c(oc3cc(F)ccc32)c1-c1c2ccc(C(C)C)cc2nc[n+]1C. The number of rotatable bonds is 2. The highest BCUT2D eigenvalue weighted by Gasteiger charge is 2.25. The van der Waals surface area contributed by atoms with Gasteiger partial charge < -0.3 is 4.42 Å². The molecule has 3 nitrogen and oxygen atoms in total. The van der Waals surface area contributed by atoms with E-state index in [4.69, 9.17) is 4.42 Å². The average molecular weight is 403 g/mol. The third-order valence-electron chi connectivity index (χ3n) is 5.76. The van der Waals surface area contributed by atoms with E-state index in [-0.39, 0.29) is 5.82 Å². The quantitative estimate of drug-likeness (QED) is 0.322. The topological polar surface area (TPSA) is 29.9 Å². The Kier molecular flexibility index (Phi) is 4.10. The minimum atomic E-state index is -0.415. The molecule has 0 saturated heterocycles. The Bertz CT molecular complexity index is 1470. The van der Waals surface area contributed by atoms with Gasteiger partial charge in [-0.15, -0.1) is 0 Å². The third-order valence-corrected chi connectivity index (χ3v) is 5.76. The van der Waals surface area contributed by atoms with E-state index >= 15 is 0 Å². The van der Waals surface area contributed by atoms with Crippen LogP contribution in [0, 0.1) is 18.6 Å². The molecule has 0 aliphatic carbocycles. The molecule has 0 N–H and O–H groups in total. The molecular weight excluding hydrogens is 382 g/mol. The zero-order chi connectivity index (χ0) is 21.2. The third kappa shape index (κ3) is 2.69. The number of aromatic nitrogens is 2. The minimum Gasteiger partial charge on any atom is -0.455 e. The van der Waals surface area contributed by atoms with Gasteiger partial charge in [0, 0.05) is 11.5 Å². The maximum atomic E-state index is 15.0. The first-order valence-corrected chi connectivity index (χ1v) is 9.94. The molecule has 150 valence electrons. The van der Waals surface area contributed by atoms with E-state index in [0.717, 1.165) is 27.7 Å². The van der Waals surface area contributed by atoms with Gasteiger partial charge in [-0.05, 0) is 59.3 Å². The Morgan fingerprint density at radius 3 is 2.53 bits per heavy atom. The van der Waals surface area contributed by atoms with Crippen LogP contribution in [0.15, 0.2) is 53.2 Å². The Labute approximate surface area is 172 Å². The number of halogens is 2. The molecule has 0 bridgehead atoms. The maximum Gasteiger partial charge on any atom is 0.287 e. The zero-order valence-electron chi connectivity index (χ0n) is 17.3. The van der Waals surface area contributed by atoms with E-state index in [9.17, 15) is 8.78 Å². The van der Waals surface area contributed by atoms with Crippen molar-refractivity contribution in [3.63, 3.8) is 0 Å². The normalized spacial score (nSPS) is 12.0. The van der Waals surface area contributed by atoms with Crippen LogP contribution in [0.1, 0.15) is 30.9 Å². The second-order valence-electron chi connectivity index (χ2n) is 8.13. The van der Waals surface area contributed by atoms with Crippen molar-refractivity contribution in [3.05, 3.63) is 71.6 Å². The van der Waals surface area contributed by atoms with E-state index in [1.807, 2.05) is 18.5 Å². The van der Waals surface area contributed by atoms with Crippen LogP contribution >= 0.6 is 0 Å². The molecule has 5 rings (SSSR count). The molecule has 0 atom stereocenters. The molecule has 5 heteroatoms. The average Bonchev–Trinajstić information content (AvgIpc) is 3.07. The van der Waals surface area contributed by atoms with Gasteiger partial charge in [0.1, 0.15) is 28.5 Å². The number of fused-ring (bicyclic) bond motifs is 4. The molecule has 0 aliphatic heterocycles. The van der Waals surface area contributed by atoms with Gasteiger partial charge in [-0.2, -0.15) is 0 Å². The summed E-state index contributed by atoms with van der Waals surface area (Å²) < 4.78 is 36.7. The van der Waals surface area contributed by atoms with Crippen molar-refractivity contribution in [2.45, 2.75) is 26.7 Å². The number of nitrogens with zero attached hydrogens (tertiary/aromatic N) is 2. The molecule has 0 spiro atoms. The van der Waals surface area contributed by atoms with Crippen molar-refractivity contribution in [1.29, 1.82) is 0 Å². The summed E-state index contributed by atoms with van der Waals surface area (Å²) in [5.74, 6) is -0.403. The van der Waals surface area contributed by atoms with Crippen molar-refractivity contribution < 1.29 is 17.8 Å². The van der Waals surface area contributed by atoms with E-state index in [2.05, 4.69) is 37.0 Å². The molecule has 30 heavy (non-hydrogen) atoms. The van der Waals surface area contributed by atoms with Crippen molar-refractivity contribution in [2.24, 2.45) is 7.05 Å². The Morgan fingerprint density at radius 2 is 1.77 bits per heavy atom. The van der Waals surface area contributed by atoms with E-state index in [0.29, 0.717) is 27.9 Å². The second kappa shape index (κ2) is 6.59. The Balaban J connectivity index is 1.93. The van der Waals surface area contributed by atoms with Crippen LogP contribution < -0.4 is 4.57 Å². The van der Waals surface area contributed by atoms with Gasteiger partial charge in [-0.3, -0.25) is 0 Å². The molecule has 3 aromatic carbocycles. The number of hydrogen-bond acceptors (Lipinski definition) is 2. The van der Waals surface area contributed by atoms with Crippen LogP contribution in [0.25, 0.3) is 44.1 Å². The first kappa shape index (κ1) is 18.7. The molecule has 0 radical (unpaired) electrons. The van der Waals surface area contributed by atoms with Gasteiger partial charge in [0.25, 0.3) is 6.33 Å². The fourth-order valence-electron chi connectivity index (χ4n) is 4.21. The van der Waals surface area contributed by atoms with Gasteiger partial charge in [-0.1, -0.05) is 19.9 Å². The fraction of sp³-hybridized carbons (Fsp3) is 0.200. The van der Waals surface area contributed by atoms with Crippen molar-refractivity contribution in [2.75, 3.05) is 0 Å². The number of benzene rings is 3. The summed E-state index contributed by atoms with van der Waals surface area (Å²) in [5.41, 5.74) is 5.24. The molecule has 2 heterocycles. The first-order valence-electron chi connectivity index (χ1n) is 9.94. The van der Waals surface area contributed by atoms with Gasteiger partial charge >= 0.3 is 0 Å². The van der Waals surface area contributed by atoms with Gasteiger partial charge in [0.05, 0.1) is 23.4 Å². The highest BCUT2D eigenvalue weighted by molar-refractivity contribution is 6.11. The lowest BCUT2D eigenvalue weighted by Crippen LogP contribution is -2.32. The van der Waals surface area contributed by atoms with Crippen molar-refractivity contribution in [1.82, 2.24) is 4.98 Å². The summed E-state index contributed by atoms with van der Waals surface area (Å²) in [6, 6.07) is 12.0. The molecular formula is C25H21F2N2O+. The predicted octanol–water partition coefficient (Wildman–Crippen LogP) is 6.34. The van der Waals surface area contributed by atoms with E-state index < -0.39 is 5.82 Å².